The van der Waals surface area contributed by atoms with Crippen molar-refractivity contribution in [1.82, 2.24) is 10.3 Å². The van der Waals surface area contributed by atoms with Gasteiger partial charge in [0.25, 0.3) is 0 Å². The van der Waals surface area contributed by atoms with Crippen molar-refractivity contribution in [2.75, 3.05) is 19.8 Å². The highest BCUT2D eigenvalue weighted by Gasteiger charge is 2.40. The van der Waals surface area contributed by atoms with Gasteiger partial charge in [0.2, 0.25) is 0 Å². The fourth-order valence-corrected chi connectivity index (χ4v) is 3.93. The van der Waals surface area contributed by atoms with Crippen LogP contribution in [0.1, 0.15) is 42.8 Å². The fraction of sp³-hybridized carbons (Fsp3) is 0.786. The molecule has 1 saturated heterocycles. The number of aryl methyl sites for hydroxylation is 2. The fourth-order valence-electron chi connectivity index (χ4n) is 2.73. The molecule has 0 spiro atoms. The van der Waals surface area contributed by atoms with Gasteiger partial charge in [-0.15, -0.1) is 11.3 Å². The molecule has 1 aromatic rings. The SMILES string of the molecule is CCNC(C)(c1nc(CC)c(C)s1)C1CCOC1. The van der Waals surface area contributed by atoms with Gasteiger partial charge < -0.3 is 10.1 Å². The molecule has 0 radical (unpaired) electrons. The number of nitrogens with zero attached hydrogens (tertiary/aromatic N) is 1. The van der Waals surface area contributed by atoms with E-state index < -0.39 is 0 Å². The smallest absolute Gasteiger partial charge is 0.113 e. The van der Waals surface area contributed by atoms with E-state index in [-0.39, 0.29) is 5.54 Å². The highest BCUT2D eigenvalue weighted by atomic mass is 32.1. The summed E-state index contributed by atoms with van der Waals surface area (Å²) < 4.78 is 5.57. The van der Waals surface area contributed by atoms with Crippen molar-refractivity contribution in [2.45, 2.75) is 46.1 Å². The van der Waals surface area contributed by atoms with E-state index in [9.17, 15) is 0 Å². The molecule has 18 heavy (non-hydrogen) atoms. The van der Waals surface area contributed by atoms with Crippen LogP contribution in [0.4, 0.5) is 0 Å². The number of hydrogen-bond acceptors (Lipinski definition) is 4. The standard InChI is InChI=1S/C14H24N2OS/c1-5-12-10(3)18-13(16-12)14(4,15-6-2)11-7-8-17-9-11/h11,15H,5-9H2,1-4H3. The number of thiazole rings is 1. The van der Waals surface area contributed by atoms with Crippen molar-refractivity contribution in [2.24, 2.45) is 5.92 Å². The van der Waals surface area contributed by atoms with Crippen molar-refractivity contribution in [1.29, 1.82) is 0 Å². The summed E-state index contributed by atoms with van der Waals surface area (Å²) in [5.41, 5.74) is 1.21. The van der Waals surface area contributed by atoms with Gasteiger partial charge in [-0.1, -0.05) is 13.8 Å². The third-order valence-corrected chi connectivity index (χ3v) is 5.21. The van der Waals surface area contributed by atoms with E-state index in [1.165, 1.54) is 15.6 Å². The maximum absolute atomic E-state index is 5.57. The topological polar surface area (TPSA) is 34.2 Å². The van der Waals surface area contributed by atoms with E-state index in [0.717, 1.165) is 32.6 Å². The summed E-state index contributed by atoms with van der Waals surface area (Å²) >= 11 is 1.84. The van der Waals surface area contributed by atoms with Gasteiger partial charge in [0.05, 0.1) is 17.8 Å². The quantitative estimate of drug-likeness (QED) is 0.891. The van der Waals surface area contributed by atoms with Crippen molar-refractivity contribution >= 4 is 11.3 Å². The van der Waals surface area contributed by atoms with E-state index >= 15 is 0 Å². The van der Waals surface area contributed by atoms with Gasteiger partial charge in [0.1, 0.15) is 5.01 Å². The van der Waals surface area contributed by atoms with Gasteiger partial charge in [-0.3, -0.25) is 0 Å². The van der Waals surface area contributed by atoms with Gasteiger partial charge >= 0.3 is 0 Å². The molecule has 1 N–H and O–H groups in total. The molecule has 2 rings (SSSR count). The Bertz CT molecular complexity index is 398. The summed E-state index contributed by atoms with van der Waals surface area (Å²) in [5.74, 6) is 0.535. The third-order valence-electron chi connectivity index (χ3n) is 3.96. The Labute approximate surface area is 114 Å². The van der Waals surface area contributed by atoms with E-state index in [0.29, 0.717) is 5.92 Å². The number of rotatable bonds is 5. The van der Waals surface area contributed by atoms with E-state index in [1.807, 2.05) is 11.3 Å². The maximum atomic E-state index is 5.57. The average Bonchev–Trinajstić information content (AvgIpc) is 2.98. The van der Waals surface area contributed by atoms with Crippen LogP contribution in [-0.2, 0) is 16.7 Å². The number of hydrogen-bond donors (Lipinski definition) is 1. The molecule has 3 nitrogen and oxygen atoms in total. The van der Waals surface area contributed by atoms with Crippen LogP contribution in [0.5, 0.6) is 0 Å². The number of ether oxygens (including phenoxy) is 1. The molecule has 0 saturated carbocycles. The largest absolute Gasteiger partial charge is 0.381 e. The molecule has 4 heteroatoms. The molecule has 1 aliphatic heterocycles. The minimum absolute atomic E-state index is 0.0336. The molecule has 0 amide bonds. The molecule has 2 atom stereocenters. The maximum Gasteiger partial charge on any atom is 0.113 e. The Hall–Kier alpha value is -0.450. The summed E-state index contributed by atoms with van der Waals surface area (Å²) in [6, 6.07) is 0. The van der Waals surface area contributed by atoms with Crippen molar-refractivity contribution < 1.29 is 4.74 Å². The summed E-state index contributed by atoms with van der Waals surface area (Å²) in [4.78, 5) is 6.22. The van der Waals surface area contributed by atoms with Crippen LogP contribution in [0.15, 0.2) is 0 Å². The monoisotopic (exact) mass is 268 g/mol. The molecule has 0 bridgehead atoms. The molecule has 0 aliphatic carbocycles. The summed E-state index contributed by atoms with van der Waals surface area (Å²) in [6.45, 7) is 11.5. The lowest BCUT2D eigenvalue weighted by molar-refractivity contribution is 0.153. The van der Waals surface area contributed by atoms with E-state index in [4.69, 9.17) is 9.72 Å². The molecule has 0 aromatic carbocycles. The van der Waals surface area contributed by atoms with Crippen LogP contribution < -0.4 is 5.32 Å². The van der Waals surface area contributed by atoms with Gasteiger partial charge in [-0.25, -0.2) is 4.98 Å². The Morgan fingerprint density at radius 3 is 2.78 bits per heavy atom. The molecular formula is C14H24N2OS. The first-order valence-corrected chi connectivity index (χ1v) is 7.73. The van der Waals surface area contributed by atoms with E-state index in [2.05, 4.69) is 33.0 Å². The number of nitrogens with one attached hydrogen (secondary N) is 1. The Balaban J connectivity index is 2.32. The first kappa shape index (κ1) is 14.0. The summed E-state index contributed by atoms with van der Waals surface area (Å²) in [5, 5.41) is 4.88. The Kier molecular flexibility index (Phi) is 4.41. The Morgan fingerprint density at radius 1 is 1.50 bits per heavy atom. The van der Waals surface area contributed by atoms with Gasteiger partial charge in [0.15, 0.2) is 0 Å². The highest BCUT2D eigenvalue weighted by Crippen LogP contribution is 2.37. The normalized spacial score (nSPS) is 23.2. The first-order valence-electron chi connectivity index (χ1n) is 6.91. The second-order valence-corrected chi connectivity index (χ2v) is 6.37. The zero-order valence-corrected chi connectivity index (χ0v) is 12.7. The second kappa shape index (κ2) is 5.68. The second-order valence-electron chi connectivity index (χ2n) is 5.17. The van der Waals surface area contributed by atoms with Gasteiger partial charge in [0, 0.05) is 17.4 Å². The average molecular weight is 268 g/mol. The van der Waals surface area contributed by atoms with Crippen LogP contribution in [0.2, 0.25) is 0 Å². The van der Waals surface area contributed by atoms with Gasteiger partial charge in [-0.2, -0.15) is 0 Å². The van der Waals surface area contributed by atoms with Crippen LogP contribution in [0.3, 0.4) is 0 Å². The van der Waals surface area contributed by atoms with Gasteiger partial charge in [-0.05, 0) is 33.2 Å². The predicted molar refractivity (Wildman–Crippen MR) is 76.2 cm³/mol. The van der Waals surface area contributed by atoms with Crippen LogP contribution >= 0.6 is 11.3 Å². The minimum Gasteiger partial charge on any atom is -0.381 e. The summed E-state index contributed by atoms with van der Waals surface area (Å²) in [6.07, 6.45) is 2.15. The number of aromatic nitrogens is 1. The lowest BCUT2D eigenvalue weighted by Gasteiger charge is -2.33. The zero-order valence-electron chi connectivity index (χ0n) is 11.9. The van der Waals surface area contributed by atoms with Crippen molar-refractivity contribution in [3.63, 3.8) is 0 Å². The molecule has 2 unspecified atom stereocenters. The lowest BCUT2D eigenvalue weighted by atomic mass is 9.85. The molecule has 1 fully saturated rings. The molecule has 2 heterocycles. The van der Waals surface area contributed by atoms with Crippen molar-refractivity contribution in [3.8, 4) is 0 Å². The minimum atomic E-state index is -0.0336. The van der Waals surface area contributed by atoms with E-state index in [1.54, 1.807) is 0 Å². The first-order chi connectivity index (χ1) is 8.61. The molecular weight excluding hydrogens is 244 g/mol. The molecule has 1 aliphatic rings. The van der Waals surface area contributed by atoms with Crippen LogP contribution in [0, 0.1) is 12.8 Å². The van der Waals surface area contributed by atoms with Crippen LogP contribution in [0.25, 0.3) is 0 Å². The van der Waals surface area contributed by atoms with Crippen LogP contribution in [-0.4, -0.2) is 24.7 Å². The lowest BCUT2D eigenvalue weighted by Crippen LogP contribution is -2.46. The van der Waals surface area contributed by atoms with Crippen molar-refractivity contribution in [3.05, 3.63) is 15.6 Å². The predicted octanol–water partition coefficient (Wildman–Crippen LogP) is 2.88. The molecule has 102 valence electrons. The Morgan fingerprint density at radius 2 is 2.28 bits per heavy atom. The zero-order chi connectivity index (χ0) is 13.2. The molecule has 1 aromatic heterocycles. The highest BCUT2D eigenvalue weighted by molar-refractivity contribution is 7.11. The summed E-state index contributed by atoms with van der Waals surface area (Å²) in [7, 11) is 0. The third kappa shape index (κ3) is 2.46.